The van der Waals surface area contributed by atoms with Crippen molar-refractivity contribution in [3.63, 3.8) is 0 Å². The number of nitrogens with zero attached hydrogens (tertiary/aromatic N) is 4. The summed E-state index contributed by atoms with van der Waals surface area (Å²) in [6, 6.07) is -0.593. The minimum atomic E-state index is -0.994. The zero-order valence-corrected chi connectivity index (χ0v) is 15.5. The first-order valence-corrected chi connectivity index (χ1v) is 9.27. The first-order chi connectivity index (χ1) is 13.5. The molecule has 0 radical (unpaired) electrons. The smallest absolute Gasteiger partial charge is 0.309 e. The van der Waals surface area contributed by atoms with Gasteiger partial charge < -0.3 is 15.4 Å². The van der Waals surface area contributed by atoms with Crippen LogP contribution >= 0.6 is 11.6 Å². The van der Waals surface area contributed by atoms with Gasteiger partial charge in [-0.05, 0) is 13.0 Å². The SMILES string of the molecule is NN(c1nc(-c2c[nH]c3c2=CC(Cl)CN=3)ncc1F)C1CCNCC1C(=O)O. The largest absolute Gasteiger partial charge is 0.481 e. The number of piperidine rings is 1. The van der Waals surface area contributed by atoms with Gasteiger partial charge in [0.15, 0.2) is 17.5 Å². The number of carboxylic acids is 1. The topological polar surface area (TPSA) is 133 Å². The van der Waals surface area contributed by atoms with E-state index in [-0.39, 0.29) is 23.6 Å². The molecule has 4 heterocycles. The number of nitrogens with two attached hydrogens (primary N) is 1. The average Bonchev–Trinajstić information content (AvgIpc) is 3.11. The van der Waals surface area contributed by atoms with E-state index in [0.717, 1.165) is 16.4 Å². The number of hydrogen-bond donors (Lipinski definition) is 4. The van der Waals surface area contributed by atoms with Gasteiger partial charge in [0, 0.05) is 23.5 Å². The van der Waals surface area contributed by atoms with E-state index in [1.807, 2.05) is 6.08 Å². The second kappa shape index (κ2) is 7.46. The van der Waals surface area contributed by atoms with Crippen molar-refractivity contribution in [2.24, 2.45) is 16.8 Å². The van der Waals surface area contributed by atoms with Crippen LogP contribution in [0.15, 0.2) is 17.4 Å². The molecule has 2 aromatic heterocycles. The number of carbonyl (C=O) groups is 1. The van der Waals surface area contributed by atoms with Crippen molar-refractivity contribution < 1.29 is 14.3 Å². The van der Waals surface area contributed by atoms with Gasteiger partial charge in [0.05, 0.1) is 30.1 Å². The standard InChI is InChI=1S/C17H19ClFN7O2/c18-8-3-9-10(6-23-14(9)22-4-8)15-24-7-12(19)16(25-15)26(20)13-1-2-21-5-11(13)17(27)28/h3,6-8,11,13,21H,1-2,4-5,20H2,(H,22,23)(H,27,28). The fourth-order valence-corrected chi connectivity index (χ4v) is 3.77. The van der Waals surface area contributed by atoms with Crippen LogP contribution in [-0.2, 0) is 4.79 Å². The number of aliphatic carboxylic acids is 1. The van der Waals surface area contributed by atoms with E-state index in [4.69, 9.17) is 17.4 Å². The maximum atomic E-state index is 14.5. The molecule has 0 amide bonds. The third kappa shape index (κ3) is 3.34. The molecule has 5 N–H and O–H groups in total. The normalized spacial score (nSPS) is 24.0. The Hall–Kier alpha value is -2.56. The lowest BCUT2D eigenvalue weighted by Gasteiger charge is -2.36. The summed E-state index contributed by atoms with van der Waals surface area (Å²) in [6.45, 7) is 1.31. The molecule has 0 spiro atoms. The van der Waals surface area contributed by atoms with Crippen molar-refractivity contribution in [2.45, 2.75) is 17.8 Å². The zero-order chi connectivity index (χ0) is 19.8. The van der Waals surface area contributed by atoms with Gasteiger partial charge in [0.25, 0.3) is 0 Å². The number of hydrogen-bond acceptors (Lipinski definition) is 7. The summed E-state index contributed by atoms with van der Waals surface area (Å²) in [4.78, 5) is 27.3. The van der Waals surface area contributed by atoms with Gasteiger partial charge in [-0.15, -0.1) is 11.6 Å². The van der Waals surface area contributed by atoms with Crippen LogP contribution in [0.2, 0.25) is 0 Å². The van der Waals surface area contributed by atoms with Crippen LogP contribution < -0.4 is 26.9 Å². The minimum absolute atomic E-state index is 0.145. The Kier molecular flexibility index (Phi) is 5.00. The van der Waals surface area contributed by atoms with Gasteiger partial charge in [0.2, 0.25) is 0 Å². The number of nitrogens with one attached hydrogen (secondary N) is 2. The Morgan fingerprint density at radius 2 is 2.29 bits per heavy atom. The van der Waals surface area contributed by atoms with Crippen molar-refractivity contribution in [3.05, 3.63) is 28.9 Å². The Bertz CT molecular complexity index is 1030. The Labute approximate surface area is 164 Å². The maximum absolute atomic E-state index is 14.5. The Balaban J connectivity index is 1.74. The quantitative estimate of drug-likeness (QED) is 0.301. The molecule has 28 heavy (non-hydrogen) atoms. The predicted molar refractivity (Wildman–Crippen MR) is 101 cm³/mol. The van der Waals surface area contributed by atoms with Crippen molar-refractivity contribution in [1.29, 1.82) is 0 Å². The molecule has 9 nitrogen and oxygen atoms in total. The molecule has 11 heteroatoms. The van der Waals surface area contributed by atoms with Gasteiger partial charge in [-0.1, -0.05) is 6.08 Å². The second-order valence-corrected chi connectivity index (χ2v) is 7.33. The predicted octanol–water partition coefficient (Wildman–Crippen LogP) is -0.625. The summed E-state index contributed by atoms with van der Waals surface area (Å²) in [6.07, 6.45) is 5.01. The molecular formula is C17H19ClFN7O2. The van der Waals surface area contributed by atoms with Crippen molar-refractivity contribution in [3.8, 4) is 11.4 Å². The van der Waals surface area contributed by atoms with Gasteiger partial charge in [0.1, 0.15) is 5.49 Å². The first-order valence-electron chi connectivity index (χ1n) is 8.84. The van der Waals surface area contributed by atoms with Crippen LogP contribution in [0, 0.1) is 11.7 Å². The number of anilines is 1. The fraction of sp³-hybridized carbons (Fsp3) is 0.412. The summed E-state index contributed by atoms with van der Waals surface area (Å²) >= 11 is 6.16. The van der Waals surface area contributed by atoms with Crippen LogP contribution in [0.25, 0.3) is 17.5 Å². The van der Waals surface area contributed by atoms with E-state index in [2.05, 4.69) is 25.3 Å². The molecule has 2 aliphatic rings. The monoisotopic (exact) mass is 407 g/mol. The molecular weight excluding hydrogens is 389 g/mol. The number of H-pyrrole nitrogens is 1. The number of hydrazine groups is 1. The molecule has 0 aromatic carbocycles. The Morgan fingerprint density at radius 1 is 1.46 bits per heavy atom. The molecule has 3 atom stereocenters. The molecule has 148 valence electrons. The molecule has 4 rings (SSSR count). The van der Waals surface area contributed by atoms with E-state index in [1.54, 1.807) is 6.20 Å². The van der Waals surface area contributed by atoms with Crippen molar-refractivity contribution >= 4 is 29.5 Å². The van der Waals surface area contributed by atoms with Crippen LogP contribution in [0.3, 0.4) is 0 Å². The van der Waals surface area contributed by atoms with Crippen molar-refractivity contribution in [2.75, 3.05) is 24.6 Å². The van der Waals surface area contributed by atoms with E-state index < -0.39 is 23.7 Å². The molecule has 0 bridgehead atoms. The third-order valence-electron chi connectivity index (χ3n) is 5.00. The number of aromatic amines is 1. The molecule has 1 fully saturated rings. The third-order valence-corrected chi connectivity index (χ3v) is 5.27. The number of fused-ring (bicyclic) bond motifs is 1. The fourth-order valence-electron chi connectivity index (χ4n) is 3.58. The van der Waals surface area contributed by atoms with Gasteiger partial charge in [-0.3, -0.25) is 14.8 Å². The molecule has 0 aliphatic carbocycles. The van der Waals surface area contributed by atoms with Gasteiger partial charge in [-0.2, -0.15) is 0 Å². The number of alkyl halides is 1. The highest BCUT2D eigenvalue weighted by Crippen LogP contribution is 2.24. The highest BCUT2D eigenvalue weighted by molar-refractivity contribution is 6.24. The van der Waals surface area contributed by atoms with Crippen LogP contribution in [0.4, 0.5) is 10.2 Å². The van der Waals surface area contributed by atoms with Crippen LogP contribution in [0.1, 0.15) is 6.42 Å². The Morgan fingerprint density at radius 3 is 3.07 bits per heavy atom. The van der Waals surface area contributed by atoms with E-state index in [1.165, 1.54) is 0 Å². The highest BCUT2D eigenvalue weighted by atomic mass is 35.5. The summed E-state index contributed by atoms with van der Waals surface area (Å²) in [7, 11) is 0. The van der Waals surface area contributed by atoms with Crippen LogP contribution in [-0.4, -0.2) is 57.1 Å². The minimum Gasteiger partial charge on any atom is -0.481 e. The van der Waals surface area contributed by atoms with Crippen LogP contribution in [0.5, 0.6) is 0 Å². The van der Waals surface area contributed by atoms with Crippen molar-refractivity contribution in [1.82, 2.24) is 20.3 Å². The lowest BCUT2D eigenvalue weighted by atomic mass is 9.93. The summed E-state index contributed by atoms with van der Waals surface area (Å²) in [5.74, 6) is 3.75. The number of carboxylic acid groups (broad SMARTS) is 1. The average molecular weight is 408 g/mol. The summed E-state index contributed by atoms with van der Waals surface area (Å²) in [5.41, 5.74) is 1.29. The number of rotatable bonds is 4. The second-order valence-electron chi connectivity index (χ2n) is 6.77. The van der Waals surface area contributed by atoms with Gasteiger partial charge in [-0.25, -0.2) is 20.2 Å². The van der Waals surface area contributed by atoms with E-state index >= 15 is 0 Å². The molecule has 0 saturated carbocycles. The van der Waals surface area contributed by atoms with E-state index in [9.17, 15) is 14.3 Å². The summed E-state index contributed by atoms with van der Waals surface area (Å²) in [5, 5.41) is 14.1. The van der Waals surface area contributed by atoms with Gasteiger partial charge >= 0.3 is 5.97 Å². The highest BCUT2D eigenvalue weighted by Gasteiger charge is 2.35. The van der Waals surface area contributed by atoms with E-state index in [0.29, 0.717) is 30.6 Å². The zero-order valence-electron chi connectivity index (χ0n) is 14.8. The molecule has 1 saturated heterocycles. The summed E-state index contributed by atoms with van der Waals surface area (Å²) < 4.78 is 14.5. The number of halogens is 2. The number of aromatic nitrogens is 3. The molecule has 2 aliphatic heterocycles. The maximum Gasteiger partial charge on any atom is 0.309 e. The lowest BCUT2D eigenvalue weighted by molar-refractivity contribution is -0.142. The molecule has 3 unspecified atom stereocenters. The molecule has 2 aromatic rings. The lowest BCUT2D eigenvalue weighted by Crippen LogP contribution is -2.55. The first kappa shape index (κ1) is 18.8.